The summed E-state index contributed by atoms with van der Waals surface area (Å²) < 4.78 is 0. The number of carbonyl (C=O) groups excluding carboxylic acids is 1. The van der Waals surface area contributed by atoms with Gasteiger partial charge >= 0.3 is 5.97 Å². The molecule has 1 amide bonds. The molecule has 1 aromatic heterocycles. The first-order valence-electron chi connectivity index (χ1n) is 5.61. The van der Waals surface area contributed by atoms with Gasteiger partial charge in [-0.25, -0.2) is 4.79 Å². The SMILES string of the molecule is O=C(/C=C/c1ccc(Cl)cc1)Nc1ccsc1C(=O)O. The van der Waals surface area contributed by atoms with E-state index in [-0.39, 0.29) is 10.8 Å². The lowest BCUT2D eigenvalue weighted by molar-refractivity contribution is -0.111. The third-order valence-corrected chi connectivity index (χ3v) is 3.57. The standard InChI is InChI=1S/C14H10ClNO3S/c15-10-4-1-9(2-5-10)3-6-12(17)16-11-7-8-20-13(11)14(18)19/h1-8H,(H,16,17)(H,18,19)/b6-3+. The summed E-state index contributed by atoms with van der Waals surface area (Å²) in [6.45, 7) is 0. The van der Waals surface area contributed by atoms with Crippen molar-refractivity contribution in [3.8, 4) is 0 Å². The first-order valence-corrected chi connectivity index (χ1v) is 6.87. The van der Waals surface area contributed by atoms with Crippen LogP contribution in [0.1, 0.15) is 15.2 Å². The van der Waals surface area contributed by atoms with E-state index in [1.165, 1.54) is 6.08 Å². The van der Waals surface area contributed by atoms with Crippen molar-refractivity contribution in [2.75, 3.05) is 5.32 Å². The summed E-state index contributed by atoms with van der Waals surface area (Å²) >= 11 is 6.82. The zero-order valence-electron chi connectivity index (χ0n) is 10.2. The maximum Gasteiger partial charge on any atom is 0.348 e. The second kappa shape index (κ2) is 6.36. The second-order valence-electron chi connectivity index (χ2n) is 3.84. The third kappa shape index (κ3) is 3.69. The lowest BCUT2D eigenvalue weighted by Crippen LogP contribution is -2.09. The number of rotatable bonds is 4. The Labute approximate surface area is 124 Å². The van der Waals surface area contributed by atoms with Crippen LogP contribution in [0, 0.1) is 0 Å². The van der Waals surface area contributed by atoms with Crippen LogP contribution in [0.4, 0.5) is 5.69 Å². The van der Waals surface area contributed by atoms with Gasteiger partial charge in [0.05, 0.1) is 5.69 Å². The number of nitrogens with one attached hydrogen (secondary N) is 1. The molecule has 1 aromatic carbocycles. The second-order valence-corrected chi connectivity index (χ2v) is 5.20. The normalized spacial score (nSPS) is 10.7. The number of hydrogen-bond donors (Lipinski definition) is 2. The van der Waals surface area contributed by atoms with Crippen molar-refractivity contribution in [2.45, 2.75) is 0 Å². The number of carboxylic acids is 1. The maximum absolute atomic E-state index is 11.7. The fourth-order valence-corrected chi connectivity index (χ4v) is 2.31. The molecule has 0 bridgehead atoms. The minimum Gasteiger partial charge on any atom is -0.477 e. The van der Waals surface area contributed by atoms with E-state index in [0.717, 1.165) is 16.9 Å². The molecule has 2 aromatic rings. The number of anilines is 1. The molecular formula is C14H10ClNO3S. The molecule has 0 spiro atoms. The number of carboxylic acid groups (broad SMARTS) is 1. The topological polar surface area (TPSA) is 66.4 Å². The van der Waals surface area contributed by atoms with Crippen LogP contribution in [-0.2, 0) is 4.79 Å². The molecule has 0 saturated carbocycles. The molecule has 20 heavy (non-hydrogen) atoms. The van der Waals surface area contributed by atoms with Gasteiger partial charge in [-0.3, -0.25) is 4.79 Å². The first kappa shape index (κ1) is 14.3. The smallest absolute Gasteiger partial charge is 0.348 e. The Balaban J connectivity index is 2.03. The van der Waals surface area contributed by atoms with Gasteiger partial charge in [-0.15, -0.1) is 11.3 Å². The molecule has 6 heteroatoms. The van der Waals surface area contributed by atoms with Gasteiger partial charge in [0.1, 0.15) is 4.88 Å². The minimum absolute atomic E-state index is 0.109. The van der Waals surface area contributed by atoms with Crippen LogP contribution in [0.25, 0.3) is 6.08 Å². The average molecular weight is 308 g/mol. The van der Waals surface area contributed by atoms with Crippen LogP contribution >= 0.6 is 22.9 Å². The molecule has 0 fully saturated rings. The summed E-state index contributed by atoms with van der Waals surface area (Å²) in [5.74, 6) is -1.45. The van der Waals surface area contributed by atoms with Crippen molar-refractivity contribution in [2.24, 2.45) is 0 Å². The average Bonchev–Trinajstić information content (AvgIpc) is 2.86. The Bertz CT molecular complexity index is 661. The van der Waals surface area contributed by atoms with E-state index in [0.29, 0.717) is 10.7 Å². The number of halogens is 1. The number of aromatic carboxylic acids is 1. The molecule has 0 radical (unpaired) electrons. The van der Waals surface area contributed by atoms with Crippen molar-refractivity contribution in [3.05, 3.63) is 57.3 Å². The highest BCUT2D eigenvalue weighted by Gasteiger charge is 2.12. The maximum atomic E-state index is 11.7. The van der Waals surface area contributed by atoms with Gasteiger partial charge in [-0.2, -0.15) is 0 Å². The van der Waals surface area contributed by atoms with Gasteiger partial charge < -0.3 is 10.4 Å². The summed E-state index contributed by atoms with van der Waals surface area (Å²) in [6.07, 6.45) is 2.96. The Morgan fingerprint density at radius 1 is 1.20 bits per heavy atom. The summed E-state index contributed by atoms with van der Waals surface area (Å²) in [5, 5.41) is 13.7. The quantitative estimate of drug-likeness (QED) is 0.845. The lowest BCUT2D eigenvalue weighted by Gasteiger charge is -2.00. The number of benzene rings is 1. The van der Waals surface area contributed by atoms with Crippen molar-refractivity contribution >= 4 is 46.6 Å². The van der Waals surface area contributed by atoms with E-state index in [2.05, 4.69) is 5.32 Å². The number of thiophene rings is 1. The molecule has 2 rings (SSSR count). The fraction of sp³-hybridized carbons (Fsp3) is 0. The van der Waals surface area contributed by atoms with E-state index in [4.69, 9.17) is 16.7 Å². The monoisotopic (exact) mass is 307 g/mol. The van der Waals surface area contributed by atoms with Gasteiger partial charge in [0.2, 0.25) is 5.91 Å². The van der Waals surface area contributed by atoms with Gasteiger partial charge in [0.25, 0.3) is 0 Å². The highest BCUT2D eigenvalue weighted by molar-refractivity contribution is 7.12. The van der Waals surface area contributed by atoms with Crippen LogP contribution in [0.3, 0.4) is 0 Å². The summed E-state index contributed by atoms with van der Waals surface area (Å²) in [4.78, 5) is 22.7. The molecular weight excluding hydrogens is 298 g/mol. The third-order valence-electron chi connectivity index (χ3n) is 2.41. The van der Waals surface area contributed by atoms with E-state index in [1.807, 2.05) is 0 Å². The fourth-order valence-electron chi connectivity index (χ4n) is 1.49. The molecule has 0 aliphatic rings. The van der Waals surface area contributed by atoms with Gasteiger partial charge in [-0.05, 0) is 35.2 Å². The Morgan fingerprint density at radius 2 is 1.90 bits per heavy atom. The van der Waals surface area contributed by atoms with Crippen LogP contribution in [-0.4, -0.2) is 17.0 Å². The van der Waals surface area contributed by atoms with Crippen LogP contribution in [0.15, 0.2) is 41.8 Å². The Morgan fingerprint density at radius 3 is 2.55 bits per heavy atom. The molecule has 2 N–H and O–H groups in total. The van der Waals surface area contributed by atoms with Crippen LogP contribution < -0.4 is 5.32 Å². The lowest BCUT2D eigenvalue weighted by atomic mass is 10.2. The molecule has 0 saturated heterocycles. The highest BCUT2D eigenvalue weighted by Crippen LogP contribution is 2.22. The van der Waals surface area contributed by atoms with E-state index in [1.54, 1.807) is 41.8 Å². The minimum atomic E-state index is -1.06. The molecule has 0 atom stereocenters. The van der Waals surface area contributed by atoms with E-state index >= 15 is 0 Å². The molecule has 1 heterocycles. The molecule has 0 aliphatic heterocycles. The number of amides is 1. The van der Waals surface area contributed by atoms with E-state index < -0.39 is 5.97 Å². The molecule has 0 aliphatic carbocycles. The van der Waals surface area contributed by atoms with Gasteiger partial charge in [-0.1, -0.05) is 23.7 Å². The molecule has 4 nitrogen and oxygen atoms in total. The number of hydrogen-bond acceptors (Lipinski definition) is 3. The summed E-state index contributed by atoms with van der Waals surface area (Å²) in [6, 6.07) is 8.56. The largest absolute Gasteiger partial charge is 0.477 e. The predicted molar refractivity (Wildman–Crippen MR) is 80.4 cm³/mol. The number of carbonyl (C=O) groups is 2. The first-order chi connectivity index (χ1) is 9.56. The van der Waals surface area contributed by atoms with Crippen molar-refractivity contribution in [1.82, 2.24) is 0 Å². The van der Waals surface area contributed by atoms with Gasteiger partial charge in [0, 0.05) is 11.1 Å². The predicted octanol–water partition coefficient (Wildman–Crippen LogP) is 3.75. The van der Waals surface area contributed by atoms with Crippen molar-refractivity contribution in [3.63, 3.8) is 0 Å². The highest BCUT2D eigenvalue weighted by atomic mass is 35.5. The van der Waals surface area contributed by atoms with Gasteiger partial charge in [0.15, 0.2) is 0 Å². The van der Waals surface area contributed by atoms with E-state index in [9.17, 15) is 9.59 Å². The molecule has 0 unspecified atom stereocenters. The van der Waals surface area contributed by atoms with Crippen molar-refractivity contribution in [1.29, 1.82) is 0 Å². The zero-order valence-corrected chi connectivity index (χ0v) is 11.7. The Hall–Kier alpha value is -2.11. The molecule has 102 valence electrons. The van der Waals surface area contributed by atoms with Crippen LogP contribution in [0.2, 0.25) is 5.02 Å². The zero-order chi connectivity index (χ0) is 14.5. The summed E-state index contributed by atoms with van der Waals surface area (Å²) in [5.41, 5.74) is 1.13. The Kier molecular flexibility index (Phi) is 4.55. The van der Waals surface area contributed by atoms with Crippen LogP contribution in [0.5, 0.6) is 0 Å². The summed E-state index contributed by atoms with van der Waals surface area (Å²) in [7, 11) is 0. The van der Waals surface area contributed by atoms with Crippen molar-refractivity contribution < 1.29 is 14.7 Å².